The van der Waals surface area contributed by atoms with Gasteiger partial charge in [-0.25, -0.2) is 4.98 Å². The normalized spacial score (nSPS) is 21.9. The number of hydrogen-bond donors (Lipinski definition) is 1. The van der Waals surface area contributed by atoms with Crippen LogP contribution in [0.1, 0.15) is 25.6 Å². The molecule has 8 heteroatoms. The molecule has 2 heterocycles. The van der Waals surface area contributed by atoms with E-state index in [9.17, 15) is 18.3 Å². The van der Waals surface area contributed by atoms with Crippen molar-refractivity contribution in [1.82, 2.24) is 9.88 Å². The molecule has 0 aromatic carbocycles. The van der Waals surface area contributed by atoms with Crippen molar-refractivity contribution in [3.05, 3.63) is 11.1 Å². The van der Waals surface area contributed by atoms with Gasteiger partial charge >= 0.3 is 6.18 Å². The number of thiazole rings is 1. The van der Waals surface area contributed by atoms with Gasteiger partial charge in [0.25, 0.3) is 0 Å². The topological polar surface area (TPSA) is 39.6 Å². The number of aromatic nitrogens is 1. The zero-order valence-corrected chi connectivity index (χ0v) is 13.1. The highest BCUT2D eigenvalue weighted by Gasteiger charge is 2.35. The lowest BCUT2D eigenvalue weighted by molar-refractivity contribution is -0.134. The molecule has 1 aliphatic heterocycles. The first-order chi connectivity index (χ1) is 9.56. The molecule has 2 rings (SSSR count). The Kier molecular flexibility index (Phi) is 4.51. The molecule has 4 nitrogen and oxygen atoms in total. The Hall–Kier alpha value is -0.860. The number of rotatable bonds is 3. The zero-order valence-electron chi connectivity index (χ0n) is 12.3. The van der Waals surface area contributed by atoms with E-state index in [0.717, 1.165) is 6.20 Å². The van der Waals surface area contributed by atoms with Crippen molar-refractivity contribution < 1.29 is 18.3 Å². The molecule has 1 unspecified atom stereocenters. The van der Waals surface area contributed by atoms with Gasteiger partial charge in [-0.3, -0.25) is 4.90 Å². The van der Waals surface area contributed by atoms with Gasteiger partial charge in [-0.1, -0.05) is 11.3 Å². The Morgan fingerprint density at radius 1 is 1.38 bits per heavy atom. The van der Waals surface area contributed by atoms with Crippen LogP contribution in [-0.2, 0) is 6.18 Å². The number of β-amino-alcohol motifs (C(OH)–C–C–N with tert-alkyl or cyclic N) is 1. The maximum Gasteiger partial charge on any atom is 0.427 e. The van der Waals surface area contributed by atoms with Crippen molar-refractivity contribution in [1.29, 1.82) is 0 Å². The molecule has 1 aromatic rings. The predicted molar refractivity (Wildman–Crippen MR) is 76.7 cm³/mol. The molecule has 1 saturated heterocycles. The van der Waals surface area contributed by atoms with Gasteiger partial charge in [0.05, 0.1) is 11.8 Å². The SMILES string of the molecule is CC1CN(c2ncc(C(F)(F)F)s2)CCN1CC(C)(C)O. The Morgan fingerprint density at radius 3 is 2.52 bits per heavy atom. The van der Waals surface area contributed by atoms with Crippen molar-refractivity contribution in [3.63, 3.8) is 0 Å². The van der Waals surface area contributed by atoms with Gasteiger partial charge in [-0.2, -0.15) is 13.2 Å². The standard InChI is InChI=1S/C13H20F3N3OS/c1-9-7-18(4-5-19(9)8-12(2,3)20)11-17-6-10(21-11)13(14,15)16/h6,9,20H,4-5,7-8H2,1-3H3. The third-order valence-corrected chi connectivity index (χ3v) is 4.50. The second-order valence-electron chi connectivity index (χ2n) is 6.08. The van der Waals surface area contributed by atoms with E-state index < -0.39 is 16.7 Å². The van der Waals surface area contributed by atoms with Crippen molar-refractivity contribution in [2.45, 2.75) is 38.6 Å². The van der Waals surface area contributed by atoms with E-state index in [0.29, 0.717) is 42.6 Å². The highest BCUT2D eigenvalue weighted by atomic mass is 32.1. The molecule has 1 aromatic heterocycles. The second kappa shape index (κ2) is 5.73. The lowest BCUT2D eigenvalue weighted by atomic mass is 10.1. The molecule has 0 bridgehead atoms. The molecule has 0 spiro atoms. The first-order valence-corrected chi connectivity index (χ1v) is 7.62. The number of piperazine rings is 1. The molecule has 0 radical (unpaired) electrons. The van der Waals surface area contributed by atoms with Crippen LogP contribution in [-0.4, -0.2) is 52.8 Å². The van der Waals surface area contributed by atoms with Gasteiger partial charge in [0.15, 0.2) is 5.13 Å². The Balaban J connectivity index is 2.01. The lowest BCUT2D eigenvalue weighted by Crippen LogP contribution is -2.55. The minimum absolute atomic E-state index is 0.156. The number of aliphatic hydroxyl groups is 1. The minimum Gasteiger partial charge on any atom is -0.389 e. The van der Waals surface area contributed by atoms with Gasteiger partial charge < -0.3 is 10.0 Å². The molecule has 1 fully saturated rings. The number of hydrogen-bond acceptors (Lipinski definition) is 5. The summed E-state index contributed by atoms with van der Waals surface area (Å²) in [6.45, 7) is 7.99. The molecule has 21 heavy (non-hydrogen) atoms. The fraction of sp³-hybridized carbons (Fsp3) is 0.769. The summed E-state index contributed by atoms with van der Waals surface area (Å²) in [5, 5.41) is 10.3. The molecule has 1 atom stereocenters. The quantitative estimate of drug-likeness (QED) is 0.927. The summed E-state index contributed by atoms with van der Waals surface area (Å²) in [6.07, 6.45) is -3.43. The molecule has 0 aliphatic carbocycles. The maximum absolute atomic E-state index is 12.6. The highest BCUT2D eigenvalue weighted by molar-refractivity contribution is 7.15. The molecule has 0 amide bonds. The van der Waals surface area contributed by atoms with E-state index in [2.05, 4.69) is 9.88 Å². The molecular weight excluding hydrogens is 303 g/mol. The van der Waals surface area contributed by atoms with Crippen LogP contribution < -0.4 is 4.90 Å². The summed E-state index contributed by atoms with van der Waals surface area (Å²) in [4.78, 5) is 7.26. The highest BCUT2D eigenvalue weighted by Crippen LogP contribution is 2.36. The van der Waals surface area contributed by atoms with E-state index in [1.807, 2.05) is 11.8 Å². The van der Waals surface area contributed by atoms with Gasteiger partial charge in [0, 0.05) is 32.2 Å². The maximum atomic E-state index is 12.6. The van der Waals surface area contributed by atoms with Crippen molar-refractivity contribution in [2.24, 2.45) is 0 Å². The Morgan fingerprint density at radius 2 is 2.05 bits per heavy atom. The van der Waals surface area contributed by atoms with E-state index >= 15 is 0 Å². The fourth-order valence-electron chi connectivity index (χ4n) is 2.44. The summed E-state index contributed by atoms with van der Waals surface area (Å²) in [5.74, 6) is 0. The largest absolute Gasteiger partial charge is 0.427 e. The smallest absolute Gasteiger partial charge is 0.389 e. The van der Waals surface area contributed by atoms with Crippen molar-refractivity contribution in [2.75, 3.05) is 31.1 Å². The molecular formula is C13H20F3N3OS. The summed E-state index contributed by atoms with van der Waals surface area (Å²) < 4.78 is 37.8. The van der Waals surface area contributed by atoms with Crippen molar-refractivity contribution >= 4 is 16.5 Å². The Bertz CT molecular complexity index is 484. The first kappa shape index (κ1) is 16.5. The first-order valence-electron chi connectivity index (χ1n) is 6.81. The molecule has 1 N–H and O–H groups in total. The van der Waals surface area contributed by atoms with Crippen LogP contribution in [0.3, 0.4) is 0 Å². The van der Waals surface area contributed by atoms with Crippen LogP contribution in [0.5, 0.6) is 0 Å². The third kappa shape index (κ3) is 4.31. The molecule has 1 aliphatic rings. The van der Waals surface area contributed by atoms with Crippen LogP contribution in [0, 0.1) is 0 Å². The van der Waals surface area contributed by atoms with E-state index in [-0.39, 0.29) is 6.04 Å². The van der Waals surface area contributed by atoms with Crippen LogP contribution in [0.25, 0.3) is 0 Å². The summed E-state index contributed by atoms with van der Waals surface area (Å²) in [5.41, 5.74) is -0.777. The summed E-state index contributed by atoms with van der Waals surface area (Å²) >= 11 is 0.685. The summed E-state index contributed by atoms with van der Waals surface area (Å²) in [6, 6.07) is 0.156. The second-order valence-corrected chi connectivity index (χ2v) is 7.09. The number of nitrogens with zero attached hydrogens (tertiary/aromatic N) is 3. The van der Waals surface area contributed by atoms with Crippen LogP contribution in [0.15, 0.2) is 6.20 Å². The fourth-order valence-corrected chi connectivity index (χ4v) is 3.26. The molecule has 0 saturated carbocycles. The summed E-state index contributed by atoms with van der Waals surface area (Å²) in [7, 11) is 0. The van der Waals surface area contributed by atoms with Crippen molar-refractivity contribution in [3.8, 4) is 0 Å². The Labute approximate surface area is 126 Å². The monoisotopic (exact) mass is 323 g/mol. The number of anilines is 1. The zero-order chi connectivity index (χ0) is 15.8. The van der Waals surface area contributed by atoms with Gasteiger partial charge in [-0.05, 0) is 20.8 Å². The number of halogens is 3. The predicted octanol–water partition coefficient (Wildman–Crippen LogP) is 2.44. The minimum atomic E-state index is -4.33. The average molecular weight is 323 g/mol. The van der Waals surface area contributed by atoms with Gasteiger partial charge in [0.1, 0.15) is 4.88 Å². The van der Waals surface area contributed by atoms with E-state index in [1.54, 1.807) is 13.8 Å². The lowest BCUT2D eigenvalue weighted by Gasteiger charge is -2.41. The molecule has 120 valence electrons. The van der Waals surface area contributed by atoms with Crippen LogP contribution in [0.4, 0.5) is 18.3 Å². The van der Waals surface area contributed by atoms with E-state index in [1.165, 1.54) is 0 Å². The van der Waals surface area contributed by atoms with Gasteiger partial charge in [0.2, 0.25) is 0 Å². The van der Waals surface area contributed by atoms with Crippen LogP contribution in [0.2, 0.25) is 0 Å². The number of alkyl halides is 3. The average Bonchev–Trinajstić information content (AvgIpc) is 2.79. The van der Waals surface area contributed by atoms with E-state index in [4.69, 9.17) is 0 Å². The third-order valence-electron chi connectivity index (χ3n) is 3.40. The van der Waals surface area contributed by atoms with Crippen LogP contribution >= 0.6 is 11.3 Å². The van der Waals surface area contributed by atoms with Gasteiger partial charge in [-0.15, -0.1) is 0 Å².